The first kappa shape index (κ1) is 25.5. The number of anilines is 1. The number of nitrogens with zero attached hydrogens (tertiary/aromatic N) is 3. The molecule has 0 saturated heterocycles. The molecule has 21 heteroatoms. The molecule has 0 bridgehead atoms. The molecule has 0 fully saturated rings. The summed E-state index contributed by atoms with van der Waals surface area (Å²) in [6.07, 6.45) is 2.05. The Morgan fingerprint density at radius 3 is 2.55 bits per heavy atom. The van der Waals surface area contributed by atoms with Crippen LogP contribution in [0.3, 0.4) is 0 Å². The highest BCUT2D eigenvalue weighted by Crippen LogP contribution is 2.59. The zero-order chi connectivity index (χ0) is 24.8. The maximum absolute atomic E-state index is 13.8. The molecule has 0 spiro atoms. The highest BCUT2D eigenvalue weighted by molar-refractivity contribution is 7.52. The minimum atomic E-state index is -6.40. The summed E-state index contributed by atoms with van der Waals surface area (Å²) in [4.78, 5) is 57.8. The van der Waals surface area contributed by atoms with Gasteiger partial charge in [0, 0.05) is 15.5 Å². The van der Waals surface area contributed by atoms with Gasteiger partial charge >= 0.3 is 35.4 Å². The molecule has 5 unspecified atom stereocenters. The molecule has 0 saturated carbocycles. The number of H-pyrrole nitrogens is 1. The fourth-order valence-corrected chi connectivity index (χ4v) is 4.31. The van der Waals surface area contributed by atoms with Gasteiger partial charge in [0.05, 0.1) is 18.5 Å². The Bertz CT molecular complexity index is 1250. The van der Waals surface area contributed by atoms with Crippen molar-refractivity contribution in [2.75, 3.05) is 5.73 Å². The van der Waals surface area contributed by atoms with Crippen molar-refractivity contribution < 1.29 is 56.0 Å². The van der Waals surface area contributed by atoms with E-state index in [1.165, 1.54) is 17.0 Å². The van der Waals surface area contributed by atoms with Gasteiger partial charge < -0.3 is 20.1 Å². The van der Waals surface area contributed by atoms with Gasteiger partial charge in [-0.05, 0) is 4.57 Å². The van der Waals surface area contributed by atoms with E-state index in [0.717, 1.165) is 6.08 Å². The predicted octanol–water partition coefficient (Wildman–Crippen LogP) is 0.345. The number of rotatable bonds is 9. The molecule has 2 heterocycles. The molecule has 180 valence electrons. The number of imidazole rings is 1. The van der Waals surface area contributed by atoms with Crippen molar-refractivity contribution in [1.29, 1.82) is 0 Å². The summed E-state index contributed by atoms with van der Waals surface area (Å²) in [6, 6.07) is -0.742. The molecule has 3 rings (SSSR count). The van der Waals surface area contributed by atoms with E-state index in [4.69, 9.17) is 25.2 Å². The maximum atomic E-state index is 13.8. The number of alkyl halides is 2. The zero-order valence-electron chi connectivity index (χ0n) is 15.8. The average molecular weight is 535 g/mol. The third kappa shape index (κ3) is 5.20. The molecule has 1 aliphatic rings. The van der Waals surface area contributed by atoms with Crippen LogP contribution in [0.2, 0.25) is 0 Å². The lowest BCUT2D eigenvalue weighted by Crippen LogP contribution is -2.43. The maximum Gasteiger partial charge on any atom is 0.704 e. The van der Waals surface area contributed by atoms with E-state index in [0.29, 0.717) is 0 Å². The van der Waals surface area contributed by atoms with Crippen LogP contribution in [0.1, 0.15) is 12.5 Å². The number of aromatic nitrogens is 4. The molecule has 0 aromatic carbocycles. The summed E-state index contributed by atoms with van der Waals surface area (Å²) in [5, 5.41) is 0. The number of nitrogens with two attached hydrogens (primary N) is 1. The van der Waals surface area contributed by atoms with Gasteiger partial charge in [-0.2, -0.15) is 18.7 Å². The van der Waals surface area contributed by atoms with Crippen LogP contribution in [-0.4, -0.2) is 56.8 Å². The number of halogens is 2. The lowest BCUT2D eigenvalue weighted by atomic mass is 10.2. The fourth-order valence-electron chi connectivity index (χ4n) is 2.81. The number of nitrogens with one attached hydrogen (secondary N) is 1. The number of hydrogen-bond acceptors (Lipinski definition) is 10. The molecule has 16 nitrogen and oxygen atoms in total. The Balaban J connectivity index is 1.90. The summed E-state index contributed by atoms with van der Waals surface area (Å²) in [7, 11) is -14.6. The van der Waals surface area contributed by atoms with Crippen molar-refractivity contribution >= 4 is 41.0 Å². The number of fused-ring (bicyclic) bond motifs is 1. The molecule has 7 N–H and O–H groups in total. The quantitative estimate of drug-likeness (QED) is 0.144. The lowest BCUT2D eigenvalue weighted by molar-refractivity contribution is -0.374. The van der Waals surface area contributed by atoms with Crippen LogP contribution in [0, 0.1) is 0 Å². The molecular weight excluding hydrogens is 521 g/mol. The van der Waals surface area contributed by atoms with Gasteiger partial charge in [0.15, 0.2) is 11.2 Å². The third-order valence-corrected chi connectivity index (χ3v) is 6.22. The third-order valence-electron chi connectivity index (χ3n) is 4.15. The summed E-state index contributed by atoms with van der Waals surface area (Å²) >= 11 is 0. The van der Waals surface area contributed by atoms with E-state index < -0.39 is 53.1 Å². The standard InChI is InChI=1S/C12H12F2N5O11P3/c13-11(14,33(25,26)27)29-12(31(21)22,30-32(23)24)28-6-2-1-5(3-6)19-4-16-7-8(19)17-10(15)18-9(7)20/h1-2,4-6H,3H2,(H5-2,15,17,18,20,21,22,23,24,25,26,27)/p+2. The summed E-state index contributed by atoms with van der Waals surface area (Å²) < 4.78 is 75.5. The van der Waals surface area contributed by atoms with Crippen LogP contribution in [0.15, 0.2) is 23.3 Å². The van der Waals surface area contributed by atoms with Gasteiger partial charge in [0.1, 0.15) is 0 Å². The first-order valence-electron chi connectivity index (χ1n) is 8.39. The number of allylic oxidation sites excluding steroid dienone is 1. The molecule has 5 atom stereocenters. The fraction of sp³-hybridized carbons (Fsp3) is 0.417. The van der Waals surface area contributed by atoms with Gasteiger partial charge in [-0.3, -0.25) is 19.1 Å². The monoisotopic (exact) mass is 535 g/mol. The molecule has 0 radical (unpaired) electrons. The Hall–Kier alpha value is -2.10. The number of hydrogen-bond donors (Lipinski definition) is 6. The van der Waals surface area contributed by atoms with E-state index in [1.807, 2.05) is 0 Å². The van der Waals surface area contributed by atoms with Crippen molar-refractivity contribution in [3.8, 4) is 0 Å². The normalized spacial score (nSPS) is 21.9. The van der Waals surface area contributed by atoms with Gasteiger partial charge in [0.2, 0.25) is 5.95 Å². The Morgan fingerprint density at radius 1 is 1.30 bits per heavy atom. The van der Waals surface area contributed by atoms with Crippen molar-refractivity contribution in [3.05, 3.63) is 28.8 Å². The van der Waals surface area contributed by atoms with Crippen LogP contribution in [0.5, 0.6) is 0 Å². The Morgan fingerprint density at radius 2 is 1.97 bits per heavy atom. The SMILES string of the molecule is Nc1nc2c(ncn2C2C=CC(OC(O[P+](=O)O)(OC(F)(F)P(=O)(O)O)[P+](=O)O)C2)c(=O)[nH]1. The van der Waals surface area contributed by atoms with Gasteiger partial charge in [-0.15, -0.1) is 4.89 Å². The van der Waals surface area contributed by atoms with E-state index >= 15 is 0 Å². The summed E-state index contributed by atoms with van der Waals surface area (Å²) in [5.41, 5.74) is 0.870. The van der Waals surface area contributed by atoms with Crippen molar-refractivity contribution in [3.63, 3.8) is 0 Å². The van der Waals surface area contributed by atoms with Crippen LogP contribution < -0.4 is 11.3 Å². The molecular formula is C12H14F2N5O11P3+2. The Labute approximate surface area is 182 Å². The molecule has 2 aromatic rings. The van der Waals surface area contributed by atoms with Gasteiger partial charge in [-0.25, -0.2) is 9.72 Å². The van der Waals surface area contributed by atoms with E-state index in [-0.39, 0.29) is 23.5 Å². The Kier molecular flexibility index (Phi) is 6.90. The van der Waals surface area contributed by atoms with Crippen molar-refractivity contribution in [2.24, 2.45) is 0 Å². The second-order valence-electron chi connectivity index (χ2n) is 6.38. The molecule has 2 aromatic heterocycles. The highest BCUT2D eigenvalue weighted by atomic mass is 31.2. The van der Waals surface area contributed by atoms with Crippen LogP contribution in [0.4, 0.5) is 14.7 Å². The first-order chi connectivity index (χ1) is 15.1. The van der Waals surface area contributed by atoms with E-state index in [1.54, 1.807) is 0 Å². The van der Waals surface area contributed by atoms with Crippen LogP contribution in [0.25, 0.3) is 11.2 Å². The molecule has 33 heavy (non-hydrogen) atoms. The van der Waals surface area contributed by atoms with E-state index in [9.17, 15) is 32.2 Å². The van der Waals surface area contributed by atoms with Crippen LogP contribution >= 0.6 is 23.9 Å². The smallest absolute Gasteiger partial charge is 0.369 e. The van der Waals surface area contributed by atoms with Gasteiger partial charge in [0.25, 0.3) is 5.56 Å². The minimum Gasteiger partial charge on any atom is -0.369 e. The average Bonchev–Trinajstić information content (AvgIpc) is 3.26. The highest BCUT2D eigenvalue weighted by Gasteiger charge is 2.72. The minimum absolute atomic E-state index is 0.0324. The van der Waals surface area contributed by atoms with E-state index in [2.05, 4.69) is 24.2 Å². The number of aromatic amines is 1. The number of ether oxygens (including phenoxy) is 2. The molecule has 1 aliphatic carbocycles. The second kappa shape index (κ2) is 8.92. The predicted molar refractivity (Wildman–Crippen MR) is 102 cm³/mol. The molecule has 0 aliphatic heterocycles. The summed E-state index contributed by atoms with van der Waals surface area (Å²) in [6.45, 7) is 0. The first-order valence-corrected chi connectivity index (χ1v) is 12.3. The molecule has 0 amide bonds. The van der Waals surface area contributed by atoms with Gasteiger partial charge in [-0.1, -0.05) is 12.2 Å². The lowest BCUT2D eigenvalue weighted by Gasteiger charge is -2.24. The van der Waals surface area contributed by atoms with Crippen molar-refractivity contribution in [2.45, 2.75) is 30.1 Å². The summed E-state index contributed by atoms with van der Waals surface area (Å²) in [5.74, 6) is -5.66. The largest absolute Gasteiger partial charge is 0.704 e. The number of nitrogen functional groups attached to an aromatic ring is 1. The van der Waals surface area contributed by atoms with Crippen molar-refractivity contribution in [1.82, 2.24) is 19.5 Å². The van der Waals surface area contributed by atoms with Crippen LogP contribution in [-0.2, 0) is 27.7 Å². The zero-order valence-corrected chi connectivity index (χ0v) is 18.4. The second-order valence-corrected chi connectivity index (χ2v) is 9.74. The topological polar surface area (TPSA) is 249 Å².